The van der Waals surface area contributed by atoms with Gasteiger partial charge in [-0.3, -0.25) is 13.9 Å². The molecular weight excluding hydrogens is 476 g/mol. The molecule has 10 heteroatoms. The molecule has 4 aromatic rings. The Morgan fingerprint density at radius 1 is 0.824 bits per heavy atom. The summed E-state index contributed by atoms with van der Waals surface area (Å²) in [5.41, 5.74) is 0.359. The van der Waals surface area contributed by atoms with Crippen LogP contribution in [-0.2, 0) is 0 Å². The summed E-state index contributed by atoms with van der Waals surface area (Å²) >= 11 is 11.8. The predicted molar refractivity (Wildman–Crippen MR) is 133 cm³/mol. The van der Waals surface area contributed by atoms with Crippen LogP contribution in [0.3, 0.4) is 0 Å². The van der Waals surface area contributed by atoms with Crippen molar-refractivity contribution in [1.82, 2.24) is 9.13 Å². The van der Waals surface area contributed by atoms with Gasteiger partial charge in [-0.05, 0) is 72.9 Å². The van der Waals surface area contributed by atoms with E-state index in [2.05, 4.69) is 10.2 Å². The van der Waals surface area contributed by atoms with Gasteiger partial charge in [-0.1, -0.05) is 23.7 Å². The molecule has 3 aromatic carbocycles. The second-order valence-electron chi connectivity index (χ2n) is 6.98. The Bertz CT molecular complexity index is 1480. The first-order chi connectivity index (χ1) is 16.4. The number of hydrogen-bond acceptors (Lipinski definition) is 7. The van der Waals surface area contributed by atoms with Crippen LogP contribution < -0.4 is 15.0 Å². The molecule has 1 N–H and O–H groups in total. The summed E-state index contributed by atoms with van der Waals surface area (Å²) in [6.07, 6.45) is 0. The molecule has 0 spiro atoms. The minimum absolute atomic E-state index is 0.0366. The van der Waals surface area contributed by atoms with E-state index in [1.165, 1.54) is 9.13 Å². The molecule has 172 valence electrons. The molecule has 0 aliphatic rings. The lowest BCUT2D eigenvalue weighted by molar-refractivity contribution is 0.414. The normalized spacial score (nSPS) is 11.0. The van der Waals surface area contributed by atoms with Crippen LogP contribution in [0.25, 0.3) is 11.4 Å². The number of aromatic hydroxyl groups is 1. The van der Waals surface area contributed by atoms with E-state index in [-0.39, 0.29) is 10.5 Å². The maximum Gasteiger partial charge on any atom is 0.290 e. The van der Waals surface area contributed by atoms with Crippen molar-refractivity contribution in [3.8, 4) is 28.8 Å². The largest absolute Gasteiger partial charge is 0.497 e. The molecule has 0 unspecified atom stereocenters. The van der Waals surface area contributed by atoms with Crippen molar-refractivity contribution in [3.05, 3.63) is 92.9 Å². The Labute approximate surface area is 204 Å². The number of nitrogens with zero attached hydrogens (tertiary/aromatic N) is 4. The van der Waals surface area contributed by atoms with Crippen LogP contribution in [0.5, 0.6) is 17.4 Å². The van der Waals surface area contributed by atoms with Gasteiger partial charge in [-0.15, -0.1) is 10.2 Å². The second-order valence-corrected chi connectivity index (χ2v) is 7.75. The maximum atomic E-state index is 13.4. The number of ether oxygens (including phenoxy) is 2. The summed E-state index contributed by atoms with van der Waals surface area (Å²) < 4.78 is 13.1. The zero-order valence-corrected chi connectivity index (χ0v) is 19.7. The van der Waals surface area contributed by atoms with Crippen LogP contribution in [0.15, 0.2) is 87.8 Å². The Kier molecular flexibility index (Phi) is 6.76. The number of hydrogen-bond donors (Lipinski definition) is 1. The van der Waals surface area contributed by atoms with Crippen LogP contribution >= 0.6 is 23.8 Å². The lowest BCUT2D eigenvalue weighted by Gasteiger charge is -2.16. The topological polar surface area (TPSA) is 90.3 Å². The lowest BCUT2D eigenvalue weighted by atomic mass is 10.2. The number of aromatic nitrogens is 2. The number of halogens is 1. The van der Waals surface area contributed by atoms with E-state index in [9.17, 15) is 9.90 Å². The number of rotatable bonds is 6. The quantitative estimate of drug-likeness (QED) is 0.256. The molecule has 1 heterocycles. The smallest absolute Gasteiger partial charge is 0.290 e. The molecule has 0 atom stereocenters. The summed E-state index contributed by atoms with van der Waals surface area (Å²) in [7, 11) is 3.10. The van der Waals surface area contributed by atoms with Gasteiger partial charge in [0.15, 0.2) is 4.77 Å². The Morgan fingerprint density at radius 2 is 1.35 bits per heavy atom. The van der Waals surface area contributed by atoms with E-state index in [4.69, 9.17) is 33.3 Å². The fourth-order valence-corrected chi connectivity index (χ4v) is 3.79. The third kappa shape index (κ3) is 4.43. The molecule has 0 aliphatic carbocycles. The highest BCUT2D eigenvalue weighted by molar-refractivity contribution is 7.71. The van der Waals surface area contributed by atoms with E-state index >= 15 is 0 Å². The van der Waals surface area contributed by atoms with E-state index in [1.54, 1.807) is 87.0 Å². The summed E-state index contributed by atoms with van der Waals surface area (Å²) in [6, 6.07) is 20.4. The molecule has 0 radical (unpaired) electrons. The molecule has 1 aromatic heterocycles. The number of benzene rings is 3. The Morgan fingerprint density at radius 3 is 1.88 bits per heavy atom. The van der Waals surface area contributed by atoms with Gasteiger partial charge in [-0.2, -0.15) is 0 Å². The van der Waals surface area contributed by atoms with E-state index in [0.29, 0.717) is 33.6 Å². The van der Waals surface area contributed by atoms with Crippen molar-refractivity contribution >= 4 is 35.2 Å². The van der Waals surface area contributed by atoms with Gasteiger partial charge in [0.25, 0.3) is 5.56 Å². The first-order valence-electron chi connectivity index (χ1n) is 10.0. The molecule has 0 saturated heterocycles. The Balaban J connectivity index is 1.98. The van der Waals surface area contributed by atoms with Crippen molar-refractivity contribution in [2.24, 2.45) is 10.2 Å². The van der Waals surface area contributed by atoms with E-state index < -0.39 is 11.4 Å². The minimum Gasteiger partial charge on any atom is -0.497 e. The number of methoxy groups -OCH3 is 2. The van der Waals surface area contributed by atoms with Gasteiger partial charge in [0.05, 0.1) is 30.6 Å². The van der Waals surface area contributed by atoms with Gasteiger partial charge in [-0.25, -0.2) is 0 Å². The van der Waals surface area contributed by atoms with Crippen LogP contribution in [0, 0.1) is 4.77 Å². The Hall–Kier alpha value is -3.95. The van der Waals surface area contributed by atoms with E-state index in [1.807, 2.05) is 0 Å². The monoisotopic (exact) mass is 494 g/mol. The highest BCUT2D eigenvalue weighted by Gasteiger charge is 2.19. The average molecular weight is 495 g/mol. The minimum atomic E-state index is -0.645. The molecule has 0 fully saturated rings. The van der Waals surface area contributed by atoms with Crippen LogP contribution in [0.4, 0.5) is 11.4 Å². The SMILES string of the molecule is COc1ccc(-n2c(O)c(N=Nc3ccccc3Cl)c(=O)n(-c3ccc(OC)cc3)c2=S)cc1. The highest BCUT2D eigenvalue weighted by atomic mass is 35.5. The first-order valence-corrected chi connectivity index (χ1v) is 10.8. The van der Waals surface area contributed by atoms with Crippen molar-refractivity contribution in [3.63, 3.8) is 0 Å². The molecule has 0 aliphatic heterocycles. The second kappa shape index (κ2) is 9.90. The highest BCUT2D eigenvalue weighted by Crippen LogP contribution is 2.31. The van der Waals surface area contributed by atoms with Crippen LogP contribution in [-0.4, -0.2) is 28.5 Å². The van der Waals surface area contributed by atoms with Gasteiger partial charge >= 0.3 is 0 Å². The van der Waals surface area contributed by atoms with Crippen molar-refractivity contribution < 1.29 is 14.6 Å². The summed E-state index contributed by atoms with van der Waals surface area (Å²) in [4.78, 5) is 13.4. The number of azo groups is 1. The van der Waals surface area contributed by atoms with Gasteiger partial charge < -0.3 is 14.6 Å². The van der Waals surface area contributed by atoms with E-state index in [0.717, 1.165) is 0 Å². The molecule has 0 amide bonds. The zero-order chi connectivity index (χ0) is 24.2. The van der Waals surface area contributed by atoms with Crippen molar-refractivity contribution in [2.45, 2.75) is 0 Å². The van der Waals surface area contributed by atoms with Gasteiger partial charge in [0, 0.05) is 0 Å². The fraction of sp³-hybridized carbons (Fsp3) is 0.0833. The zero-order valence-electron chi connectivity index (χ0n) is 18.2. The molecular formula is C24H19ClN4O4S. The van der Waals surface area contributed by atoms with Gasteiger partial charge in [0.1, 0.15) is 17.2 Å². The molecule has 8 nitrogen and oxygen atoms in total. The molecule has 0 bridgehead atoms. The maximum absolute atomic E-state index is 13.4. The molecule has 0 saturated carbocycles. The fourth-order valence-electron chi connectivity index (χ4n) is 3.23. The average Bonchev–Trinajstić information content (AvgIpc) is 2.86. The lowest BCUT2D eigenvalue weighted by Crippen LogP contribution is -2.23. The van der Waals surface area contributed by atoms with Gasteiger partial charge in [0.2, 0.25) is 11.6 Å². The van der Waals surface area contributed by atoms with Crippen LogP contribution in [0.2, 0.25) is 5.02 Å². The third-order valence-corrected chi connectivity index (χ3v) is 5.67. The standard InChI is InChI=1S/C24H19ClN4O4S/c1-32-17-11-7-15(8-12-17)28-22(30)21(27-26-20-6-4-3-5-19(20)25)23(31)29(24(28)34)16-9-13-18(33-2)14-10-16/h3-14,30H,1-2H3. The summed E-state index contributed by atoms with van der Waals surface area (Å²) in [5, 5.41) is 19.6. The van der Waals surface area contributed by atoms with Crippen LogP contribution in [0.1, 0.15) is 0 Å². The third-order valence-electron chi connectivity index (χ3n) is 4.98. The summed E-state index contributed by atoms with van der Waals surface area (Å²) in [6.45, 7) is 0. The van der Waals surface area contributed by atoms with Crippen molar-refractivity contribution in [1.29, 1.82) is 0 Å². The summed E-state index contributed by atoms with van der Waals surface area (Å²) in [5.74, 6) is 0.778. The first kappa shape index (κ1) is 23.2. The predicted octanol–water partition coefficient (Wildman–Crippen LogP) is 6.15. The van der Waals surface area contributed by atoms with Crippen molar-refractivity contribution in [2.75, 3.05) is 14.2 Å². The molecule has 34 heavy (non-hydrogen) atoms. The molecule has 4 rings (SSSR count).